The van der Waals surface area contributed by atoms with Gasteiger partial charge in [-0.1, -0.05) is 77.5 Å². The fourth-order valence-electron chi connectivity index (χ4n) is 5.12. The Morgan fingerprint density at radius 2 is 1.76 bits per heavy atom. The van der Waals surface area contributed by atoms with E-state index in [1.54, 1.807) is 54.0 Å². The number of carbonyl (C=O) groups excluding carboxylic acids is 1. The summed E-state index contributed by atoms with van der Waals surface area (Å²) in [5.41, 5.74) is 3.33. The third kappa shape index (κ3) is 6.85. The van der Waals surface area contributed by atoms with E-state index < -0.39 is 12.0 Å². The van der Waals surface area contributed by atoms with E-state index >= 15 is 0 Å². The zero-order valence-electron chi connectivity index (χ0n) is 24.2. The van der Waals surface area contributed by atoms with Crippen LogP contribution in [-0.2, 0) is 16.1 Å². The van der Waals surface area contributed by atoms with Gasteiger partial charge in [0.15, 0.2) is 4.80 Å². The topological polar surface area (TPSA) is 69.9 Å². The van der Waals surface area contributed by atoms with Crippen molar-refractivity contribution in [1.82, 2.24) is 4.57 Å². The molecule has 0 radical (unpaired) electrons. The average Bonchev–Trinajstić information content (AvgIpc) is 3.35. The second-order valence-electron chi connectivity index (χ2n) is 10.2. The molecule has 11 heteroatoms. The smallest absolute Gasteiger partial charge is 0.338 e. The van der Waals surface area contributed by atoms with Gasteiger partial charge in [0.05, 0.1) is 32.0 Å². The fourth-order valence-corrected chi connectivity index (χ4v) is 8.28. The molecule has 0 amide bonds. The molecule has 1 aliphatic rings. The van der Waals surface area contributed by atoms with Crippen LogP contribution in [0.15, 0.2) is 106 Å². The van der Waals surface area contributed by atoms with Gasteiger partial charge in [-0.15, -0.1) is 0 Å². The van der Waals surface area contributed by atoms with Crippen LogP contribution < -0.4 is 19.6 Å². The maximum Gasteiger partial charge on any atom is 0.338 e. The number of halogens is 4. The summed E-state index contributed by atoms with van der Waals surface area (Å²) < 4.78 is 29.0. The minimum atomic E-state index is -0.810. The zero-order valence-corrected chi connectivity index (χ0v) is 30.1. The molecule has 0 spiro atoms. The molecule has 6 nitrogen and oxygen atoms in total. The molecular weight excluding hydrogens is 853 g/mol. The summed E-state index contributed by atoms with van der Waals surface area (Å²) in [6.07, 6.45) is 1.79. The van der Waals surface area contributed by atoms with E-state index in [4.69, 9.17) is 26.1 Å². The van der Waals surface area contributed by atoms with E-state index in [1.165, 1.54) is 23.5 Å². The lowest BCUT2D eigenvalue weighted by Gasteiger charge is -2.26. The standard InChI is InChI=1S/C35H24ClFI2N2O4S/c1-2-44-34(43)29-30(21-6-4-3-5-7-21)40-35-41(31(29)22-10-12-24(36)13-11-22)33(42)28(46-35)17-23-16-26(38)18-27(39)32(23)45-19-20-8-14-25(37)15-9-20/h3-18,31H,2,19H2,1H3/b28-17-/t31-/m1/s1. The van der Waals surface area contributed by atoms with Crippen LogP contribution >= 0.6 is 68.1 Å². The number of rotatable bonds is 8. The third-order valence-electron chi connectivity index (χ3n) is 7.18. The van der Waals surface area contributed by atoms with Crippen LogP contribution in [0.5, 0.6) is 5.75 Å². The molecule has 0 N–H and O–H groups in total. The van der Waals surface area contributed by atoms with Gasteiger partial charge in [-0.3, -0.25) is 9.36 Å². The molecule has 1 atom stereocenters. The predicted molar refractivity (Wildman–Crippen MR) is 195 cm³/mol. The van der Waals surface area contributed by atoms with Gasteiger partial charge in [-0.05, 0) is 106 Å². The molecule has 0 aliphatic carbocycles. The Labute approximate surface area is 300 Å². The number of nitrogens with zero attached hydrogens (tertiary/aromatic N) is 2. The Morgan fingerprint density at radius 3 is 2.46 bits per heavy atom. The molecule has 0 bridgehead atoms. The Hall–Kier alpha value is -3.33. The minimum absolute atomic E-state index is 0.161. The van der Waals surface area contributed by atoms with Crippen LogP contribution in [-0.4, -0.2) is 17.1 Å². The lowest BCUT2D eigenvalue weighted by atomic mass is 9.93. The van der Waals surface area contributed by atoms with Gasteiger partial charge in [-0.2, -0.15) is 0 Å². The molecule has 232 valence electrons. The van der Waals surface area contributed by atoms with Crippen molar-refractivity contribution in [2.45, 2.75) is 19.6 Å². The van der Waals surface area contributed by atoms with Crippen molar-refractivity contribution in [2.24, 2.45) is 4.99 Å². The number of thiazole rings is 1. The van der Waals surface area contributed by atoms with Crippen molar-refractivity contribution in [2.75, 3.05) is 6.61 Å². The summed E-state index contributed by atoms with van der Waals surface area (Å²) in [6, 6.07) is 25.7. The van der Waals surface area contributed by atoms with Gasteiger partial charge in [0.25, 0.3) is 5.56 Å². The number of benzene rings is 4. The first kappa shape index (κ1) is 32.6. The molecular formula is C35H24ClFI2N2O4S. The average molecular weight is 877 g/mol. The van der Waals surface area contributed by atoms with Crippen LogP contribution in [0.2, 0.25) is 5.02 Å². The number of ether oxygens (including phenoxy) is 2. The van der Waals surface area contributed by atoms with Gasteiger partial charge >= 0.3 is 5.97 Å². The van der Waals surface area contributed by atoms with Gasteiger partial charge in [0.2, 0.25) is 0 Å². The molecule has 2 heterocycles. The van der Waals surface area contributed by atoms with Crippen LogP contribution in [0, 0.1) is 13.0 Å². The van der Waals surface area contributed by atoms with Crippen LogP contribution in [0.3, 0.4) is 0 Å². The van der Waals surface area contributed by atoms with Crippen molar-refractivity contribution in [3.05, 3.63) is 156 Å². The minimum Gasteiger partial charge on any atom is -0.487 e. The Kier molecular flexibility index (Phi) is 10.1. The molecule has 0 saturated heterocycles. The first-order valence-electron chi connectivity index (χ1n) is 14.1. The molecule has 6 rings (SSSR count). The quantitative estimate of drug-likeness (QED) is 0.120. The molecule has 1 aliphatic heterocycles. The number of aromatic nitrogens is 1. The summed E-state index contributed by atoms with van der Waals surface area (Å²) in [4.78, 5) is 33.3. The predicted octanol–water partition coefficient (Wildman–Crippen LogP) is 7.52. The first-order valence-corrected chi connectivity index (χ1v) is 17.5. The van der Waals surface area contributed by atoms with E-state index in [2.05, 4.69) is 45.2 Å². The number of carbonyl (C=O) groups is 1. The Balaban J connectivity index is 1.55. The molecule has 5 aromatic rings. The van der Waals surface area contributed by atoms with Crippen LogP contribution in [0.1, 0.15) is 35.2 Å². The van der Waals surface area contributed by atoms with Gasteiger partial charge < -0.3 is 9.47 Å². The Bertz CT molecular complexity index is 2150. The van der Waals surface area contributed by atoms with Gasteiger partial charge in [0, 0.05) is 19.7 Å². The van der Waals surface area contributed by atoms with Crippen molar-refractivity contribution in [1.29, 1.82) is 0 Å². The maximum absolute atomic E-state index is 14.3. The number of esters is 1. The SMILES string of the molecule is CCOC(=O)C1=C(c2ccccc2)N=c2s/c(=C\c3cc(I)cc(I)c3OCc3ccc(F)cc3)c(=O)n2[C@@H]1c1ccc(Cl)cc1. The molecule has 46 heavy (non-hydrogen) atoms. The summed E-state index contributed by atoms with van der Waals surface area (Å²) in [5.74, 6) is -0.271. The second-order valence-corrected chi connectivity index (χ2v) is 14.1. The zero-order chi connectivity index (χ0) is 32.4. The monoisotopic (exact) mass is 876 g/mol. The lowest BCUT2D eigenvalue weighted by Crippen LogP contribution is -2.40. The summed E-state index contributed by atoms with van der Waals surface area (Å²) in [5, 5.41) is 0.530. The highest BCUT2D eigenvalue weighted by atomic mass is 127. The van der Waals surface area contributed by atoms with E-state index in [0.717, 1.165) is 18.3 Å². The van der Waals surface area contributed by atoms with E-state index in [9.17, 15) is 14.0 Å². The van der Waals surface area contributed by atoms with Crippen LogP contribution in [0.4, 0.5) is 4.39 Å². The first-order chi connectivity index (χ1) is 22.2. The van der Waals surface area contributed by atoms with Crippen LogP contribution in [0.25, 0.3) is 11.8 Å². The highest BCUT2D eigenvalue weighted by Crippen LogP contribution is 2.36. The second kappa shape index (κ2) is 14.2. The normalized spacial score (nSPS) is 14.5. The summed E-state index contributed by atoms with van der Waals surface area (Å²) in [6.45, 7) is 2.12. The van der Waals surface area contributed by atoms with E-state index in [0.29, 0.717) is 36.9 Å². The van der Waals surface area contributed by atoms with E-state index in [1.807, 2.05) is 42.5 Å². The molecule has 0 saturated carbocycles. The fraction of sp³-hybridized carbons (Fsp3) is 0.114. The van der Waals surface area contributed by atoms with Gasteiger partial charge in [-0.25, -0.2) is 14.2 Å². The number of fused-ring (bicyclic) bond motifs is 1. The molecule has 4 aromatic carbocycles. The third-order valence-corrected chi connectivity index (χ3v) is 9.84. The highest BCUT2D eigenvalue weighted by Gasteiger charge is 2.35. The largest absolute Gasteiger partial charge is 0.487 e. The highest BCUT2D eigenvalue weighted by molar-refractivity contribution is 14.1. The van der Waals surface area contributed by atoms with Crippen molar-refractivity contribution >= 4 is 85.9 Å². The van der Waals surface area contributed by atoms with Crippen molar-refractivity contribution in [3.63, 3.8) is 0 Å². The molecule has 1 aromatic heterocycles. The Morgan fingerprint density at radius 1 is 1.04 bits per heavy atom. The number of hydrogen-bond donors (Lipinski definition) is 0. The lowest BCUT2D eigenvalue weighted by molar-refractivity contribution is -0.138. The van der Waals surface area contributed by atoms with E-state index in [-0.39, 0.29) is 30.2 Å². The summed E-state index contributed by atoms with van der Waals surface area (Å²) in [7, 11) is 0. The van der Waals surface area contributed by atoms with Crippen molar-refractivity contribution < 1.29 is 18.7 Å². The van der Waals surface area contributed by atoms with Gasteiger partial charge in [0.1, 0.15) is 18.2 Å². The summed E-state index contributed by atoms with van der Waals surface area (Å²) >= 11 is 11.9. The molecule has 0 unspecified atom stereocenters. The van der Waals surface area contributed by atoms with Crippen molar-refractivity contribution in [3.8, 4) is 5.75 Å². The maximum atomic E-state index is 14.3. The number of hydrogen-bond acceptors (Lipinski definition) is 6. The molecule has 0 fully saturated rings.